The maximum atomic E-state index is 15.7. The number of nitrogens with zero attached hydrogens (tertiary/aromatic N) is 5. The van der Waals surface area contributed by atoms with E-state index in [-0.39, 0.29) is 50.3 Å². The molecule has 0 bridgehead atoms. The van der Waals surface area contributed by atoms with Crippen molar-refractivity contribution in [3.05, 3.63) is 77.6 Å². The van der Waals surface area contributed by atoms with Gasteiger partial charge in [0.1, 0.15) is 18.0 Å². The van der Waals surface area contributed by atoms with E-state index in [4.69, 9.17) is 5.73 Å². The van der Waals surface area contributed by atoms with Crippen molar-refractivity contribution in [1.82, 2.24) is 19.9 Å². The molecular weight excluding hydrogens is 558 g/mol. The molecule has 1 aliphatic heterocycles. The SMILES string of the molecule is NC(=O)[C@@H](c1ccncc1)N1CC[C@@](O)(CNc2ncnc(N(Cc3ccc(C(F)(F)F)cc3)C3CC3)c2F)[C@H](O)C1. The first-order valence-electron chi connectivity index (χ1n) is 13.5. The molecule has 3 aromatic rings. The summed E-state index contributed by atoms with van der Waals surface area (Å²) < 4.78 is 54.5. The molecule has 1 aliphatic carbocycles. The van der Waals surface area contributed by atoms with E-state index in [1.807, 2.05) is 0 Å². The fourth-order valence-electron chi connectivity index (χ4n) is 5.21. The van der Waals surface area contributed by atoms with Gasteiger partial charge in [0.2, 0.25) is 11.7 Å². The molecule has 3 atom stereocenters. The van der Waals surface area contributed by atoms with E-state index >= 15 is 4.39 Å². The molecule has 2 aliphatic rings. The number of alkyl halides is 3. The van der Waals surface area contributed by atoms with Crippen LogP contribution in [0.15, 0.2) is 55.1 Å². The van der Waals surface area contributed by atoms with E-state index in [9.17, 15) is 28.2 Å². The first-order valence-corrected chi connectivity index (χ1v) is 13.5. The average Bonchev–Trinajstić information content (AvgIpc) is 3.79. The Morgan fingerprint density at radius 2 is 1.86 bits per heavy atom. The van der Waals surface area contributed by atoms with Crippen LogP contribution in [-0.4, -0.2) is 73.4 Å². The number of carbonyl (C=O) groups excluding carboxylic acids is 1. The summed E-state index contributed by atoms with van der Waals surface area (Å²) in [5.41, 5.74) is 4.38. The van der Waals surface area contributed by atoms with Crippen molar-refractivity contribution in [2.45, 2.75) is 55.8 Å². The minimum Gasteiger partial charge on any atom is -0.389 e. The average molecular weight is 590 g/mol. The maximum absolute atomic E-state index is 15.7. The van der Waals surface area contributed by atoms with E-state index in [0.717, 1.165) is 31.3 Å². The van der Waals surface area contributed by atoms with Gasteiger partial charge in [0.25, 0.3) is 0 Å². The van der Waals surface area contributed by atoms with Crippen molar-refractivity contribution in [1.29, 1.82) is 0 Å². The molecule has 1 saturated carbocycles. The zero-order valence-corrected chi connectivity index (χ0v) is 22.5. The van der Waals surface area contributed by atoms with Crippen LogP contribution in [-0.2, 0) is 17.5 Å². The van der Waals surface area contributed by atoms with Gasteiger partial charge in [-0.25, -0.2) is 9.97 Å². The second kappa shape index (κ2) is 11.8. The molecule has 1 aromatic carbocycles. The van der Waals surface area contributed by atoms with Crippen molar-refractivity contribution in [3.8, 4) is 0 Å². The van der Waals surface area contributed by atoms with Gasteiger partial charge in [0.05, 0.1) is 11.7 Å². The minimum absolute atomic E-state index is 0.0149. The Morgan fingerprint density at radius 1 is 1.17 bits per heavy atom. The van der Waals surface area contributed by atoms with Crippen molar-refractivity contribution < 1.29 is 32.6 Å². The summed E-state index contributed by atoms with van der Waals surface area (Å²) >= 11 is 0. The van der Waals surface area contributed by atoms with Gasteiger partial charge in [-0.2, -0.15) is 17.6 Å². The number of benzene rings is 1. The highest BCUT2D eigenvalue weighted by atomic mass is 19.4. The molecule has 2 aromatic heterocycles. The van der Waals surface area contributed by atoms with Crippen LogP contribution >= 0.6 is 0 Å². The van der Waals surface area contributed by atoms with Crippen LogP contribution in [0.5, 0.6) is 0 Å². The second-order valence-corrected chi connectivity index (χ2v) is 10.7. The number of carbonyl (C=O) groups is 1. The predicted molar refractivity (Wildman–Crippen MR) is 144 cm³/mol. The highest BCUT2D eigenvalue weighted by molar-refractivity contribution is 5.81. The third-order valence-corrected chi connectivity index (χ3v) is 7.74. The lowest BCUT2D eigenvalue weighted by atomic mass is 9.87. The summed E-state index contributed by atoms with van der Waals surface area (Å²) in [6.07, 6.45) is 0.0902. The lowest BCUT2D eigenvalue weighted by Crippen LogP contribution is -2.60. The third-order valence-electron chi connectivity index (χ3n) is 7.74. The monoisotopic (exact) mass is 589 g/mol. The van der Waals surface area contributed by atoms with E-state index in [2.05, 4.69) is 20.3 Å². The Balaban J connectivity index is 1.27. The Kier molecular flexibility index (Phi) is 8.30. The topological polar surface area (TPSA) is 141 Å². The summed E-state index contributed by atoms with van der Waals surface area (Å²) in [5.74, 6) is -1.59. The molecule has 0 spiro atoms. The van der Waals surface area contributed by atoms with Crippen LogP contribution in [0.1, 0.15) is 42.0 Å². The van der Waals surface area contributed by atoms with Crippen LogP contribution < -0.4 is 16.0 Å². The van der Waals surface area contributed by atoms with Gasteiger partial charge in [-0.1, -0.05) is 12.1 Å². The first-order chi connectivity index (χ1) is 20.0. The number of primary amides is 1. The number of rotatable bonds is 10. The van der Waals surface area contributed by atoms with Gasteiger partial charge in [-0.05, 0) is 54.7 Å². The predicted octanol–water partition coefficient (Wildman–Crippen LogP) is 2.63. The van der Waals surface area contributed by atoms with Gasteiger partial charge < -0.3 is 26.2 Å². The number of anilines is 2. The van der Waals surface area contributed by atoms with Crippen LogP contribution in [0.25, 0.3) is 0 Å². The highest BCUT2D eigenvalue weighted by Gasteiger charge is 2.44. The van der Waals surface area contributed by atoms with E-state index < -0.39 is 41.2 Å². The van der Waals surface area contributed by atoms with E-state index in [1.165, 1.54) is 24.5 Å². The molecule has 2 fully saturated rings. The minimum atomic E-state index is -4.45. The zero-order valence-electron chi connectivity index (χ0n) is 22.5. The molecule has 224 valence electrons. The second-order valence-electron chi connectivity index (χ2n) is 10.7. The maximum Gasteiger partial charge on any atom is 0.416 e. The summed E-state index contributed by atoms with van der Waals surface area (Å²) in [5, 5.41) is 24.9. The number of piperidine rings is 1. The van der Waals surface area contributed by atoms with Gasteiger partial charge in [-0.3, -0.25) is 14.7 Å². The first kappa shape index (κ1) is 29.6. The fourth-order valence-corrected chi connectivity index (χ4v) is 5.21. The lowest BCUT2D eigenvalue weighted by Gasteiger charge is -2.44. The van der Waals surface area contributed by atoms with Gasteiger partial charge >= 0.3 is 6.18 Å². The summed E-state index contributed by atoms with van der Waals surface area (Å²) in [6, 6.07) is 7.16. The van der Waals surface area contributed by atoms with Gasteiger partial charge in [0, 0.05) is 44.6 Å². The number of aromatic nitrogens is 3. The van der Waals surface area contributed by atoms with Crippen LogP contribution in [0.2, 0.25) is 0 Å². The number of nitrogens with one attached hydrogen (secondary N) is 1. The quantitative estimate of drug-likeness (QED) is 0.263. The van der Waals surface area contributed by atoms with Crippen molar-refractivity contribution in [2.24, 2.45) is 5.73 Å². The number of halogens is 4. The van der Waals surface area contributed by atoms with E-state index in [0.29, 0.717) is 11.1 Å². The molecule has 14 heteroatoms. The lowest BCUT2D eigenvalue weighted by molar-refractivity contribution is -0.137. The van der Waals surface area contributed by atoms with E-state index in [1.54, 1.807) is 21.9 Å². The molecule has 5 N–H and O–H groups in total. The number of aliphatic hydroxyl groups is 2. The number of nitrogens with two attached hydrogens (primary N) is 1. The number of aliphatic hydroxyl groups excluding tert-OH is 1. The number of pyridine rings is 1. The molecule has 3 heterocycles. The molecule has 42 heavy (non-hydrogen) atoms. The Labute approximate surface area is 239 Å². The van der Waals surface area contributed by atoms with Crippen LogP contribution in [0.3, 0.4) is 0 Å². The summed E-state index contributed by atoms with van der Waals surface area (Å²) in [7, 11) is 0. The van der Waals surface area contributed by atoms with Crippen LogP contribution in [0, 0.1) is 5.82 Å². The smallest absolute Gasteiger partial charge is 0.389 e. The summed E-state index contributed by atoms with van der Waals surface area (Å²) in [4.78, 5) is 27.6. The molecule has 10 nitrogen and oxygen atoms in total. The third kappa shape index (κ3) is 6.45. The number of hydrogen-bond donors (Lipinski definition) is 4. The number of β-amino-alcohol motifs (C(OH)–C–C–N with tert-alkyl or cyclic N) is 1. The molecule has 1 amide bonds. The van der Waals surface area contributed by atoms with Crippen LogP contribution in [0.4, 0.5) is 29.2 Å². The number of hydrogen-bond acceptors (Lipinski definition) is 9. The molecule has 0 unspecified atom stereocenters. The molecular formula is C28H31F4N7O3. The van der Waals surface area contributed by atoms with Gasteiger partial charge in [-0.15, -0.1) is 0 Å². The van der Waals surface area contributed by atoms with Crippen molar-refractivity contribution in [2.75, 3.05) is 29.9 Å². The number of amides is 1. The van der Waals surface area contributed by atoms with Crippen molar-refractivity contribution in [3.63, 3.8) is 0 Å². The Bertz CT molecular complexity index is 1390. The molecule has 0 radical (unpaired) electrons. The number of likely N-dealkylation sites (tertiary alicyclic amines) is 1. The van der Waals surface area contributed by atoms with Crippen molar-refractivity contribution >= 4 is 17.5 Å². The summed E-state index contributed by atoms with van der Waals surface area (Å²) in [6.45, 7) is 0.0703. The largest absolute Gasteiger partial charge is 0.416 e. The molecule has 1 saturated heterocycles. The normalized spacial score (nSPS) is 22.0. The standard InChI is InChI=1S/C28H31F4N7O3/c29-22-25(35-15-27(42)9-12-38(14-21(27)40)23(24(33)41)18-7-10-34-11-8-18)36-16-37-26(22)39(20-5-6-20)13-17-1-3-19(4-2-17)28(30,31)32/h1-4,7-8,10-11,16,20-21,23,40,42H,5-6,9,12-15H2,(H2,33,41)(H,35,36,37)/t21-,23-,27-/m1/s1. The zero-order chi connectivity index (χ0) is 30.1. The van der Waals surface area contributed by atoms with Gasteiger partial charge in [0.15, 0.2) is 11.6 Å². The Hall–Kier alpha value is -3.88. The molecule has 5 rings (SSSR count). The highest BCUT2D eigenvalue weighted by Crippen LogP contribution is 2.36. The fraction of sp³-hybridized carbons (Fsp3) is 0.429. The Morgan fingerprint density at radius 3 is 2.45 bits per heavy atom.